The summed E-state index contributed by atoms with van der Waals surface area (Å²) < 4.78 is 28.4. The molecule has 2 aliphatic carbocycles. The van der Waals surface area contributed by atoms with Crippen LogP contribution >= 0.6 is 0 Å². The summed E-state index contributed by atoms with van der Waals surface area (Å²) in [6.45, 7) is 2.63. The van der Waals surface area contributed by atoms with Gasteiger partial charge in [-0.3, -0.25) is 14.4 Å². The SMILES string of the molecule is COc1cccc2c1C(=O)c1c(O)c3c(c(O)c1C2=O)C[C@@](O)(C(C)=O)C[C@@H]3O[C@H]1C[C@H](N)[C@H](O[C@H]2O[C@H](C(=O)O)[C@@H](O)[C@H](O)[C@H]2O)[C@H](C)O1. The fourth-order valence-electron chi connectivity index (χ4n) is 7.18. The molecule has 2 heterocycles. The van der Waals surface area contributed by atoms with Crippen molar-refractivity contribution in [3.05, 3.63) is 51.6 Å². The number of nitrogens with two attached hydrogens (primary N) is 1. The predicted octanol–water partition coefficient (Wildman–Crippen LogP) is -1.05. The Labute approximate surface area is 283 Å². The molecule has 0 aromatic heterocycles. The van der Waals surface area contributed by atoms with Gasteiger partial charge in [0.15, 0.2) is 30.3 Å². The van der Waals surface area contributed by atoms with E-state index in [1.807, 2.05) is 0 Å². The molecule has 2 fully saturated rings. The lowest BCUT2D eigenvalue weighted by atomic mass is 9.72. The number of carbonyl (C=O) groups is 4. The van der Waals surface area contributed by atoms with E-state index in [2.05, 4.69) is 0 Å². The molecule has 17 nitrogen and oxygen atoms in total. The number of methoxy groups -OCH3 is 1. The number of Topliss-reactive ketones (excluding diaryl/α,β-unsaturated/α-hetero) is 1. The van der Waals surface area contributed by atoms with Gasteiger partial charge in [0.1, 0.15) is 47.3 Å². The van der Waals surface area contributed by atoms with Crippen LogP contribution in [-0.2, 0) is 35.0 Å². The fraction of sp³-hybridized carbons (Fsp3) is 0.515. The largest absolute Gasteiger partial charge is 0.507 e. The third-order valence-corrected chi connectivity index (χ3v) is 9.87. The second-order valence-corrected chi connectivity index (χ2v) is 13.0. The summed E-state index contributed by atoms with van der Waals surface area (Å²) in [7, 11) is 1.30. The van der Waals surface area contributed by atoms with Crippen LogP contribution in [0.1, 0.15) is 75.8 Å². The van der Waals surface area contributed by atoms with E-state index in [-0.39, 0.29) is 34.4 Å². The Kier molecular flexibility index (Phi) is 9.25. The number of carboxylic acid groups (broad SMARTS) is 1. The van der Waals surface area contributed by atoms with Crippen LogP contribution in [0, 0.1) is 0 Å². The molecule has 0 spiro atoms. The average Bonchev–Trinajstić information content (AvgIpc) is 3.05. The molecule has 2 saturated heterocycles. The van der Waals surface area contributed by atoms with Gasteiger partial charge < -0.3 is 65.2 Å². The zero-order chi connectivity index (χ0) is 36.6. The van der Waals surface area contributed by atoms with Crippen LogP contribution in [0.3, 0.4) is 0 Å². The standard InChI is InChI=1S/C33H37NO16/c1-10-29(49-32-28(42)26(40)27(41)30(50-32)31(43)44)14(34)7-17(47-10)48-16-9-33(45,11(2)35)8-13-19(16)25(39)21-20(23(13)37)22(36)12-5-4-6-15(46-3)18(12)24(21)38/h4-6,10,14,16-17,26-30,32,37,39-42,45H,7-9,34H2,1-3H3,(H,43,44)/t10-,14-,16-,17-,26-,27-,28+,29+,30-,32-,33-/m0/s1. The maximum Gasteiger partial charge on any atom is 0.335 e. The van der Waals surface area contributed by atoms with Crippen molar-refractivity contribution >= 4 is 23.3 Å². The Balaban J connectivity index is 1.31. The number of hydrogen-bond donors (Lipinski definition) is 8. The number of phenolic OH excluding ortho intramolecular Hbond substituents is 2. The maximum absolute atomic E-state index is 13.8. The van der Waals surface area contributed by atoms with Gasteiger partial charge in [0.25, 0.3) is 0 Å². The van der Waals surface area contributed by atoms with Crippen LogP contribution in [0.2, 0.25) is 0 Å². The van der Waals surface area contributed by atoms with Crippen molar-refractivity contribution in [1.29, 1.82) is 0 Å². The van der Waals surface area contributed by atoms with Crippen molar-refractivity contribution in [2.45, 2.75) is 100 Å². The lowest BCUT2D eigenvalue weighted by Crippen LogP contribution is -2.63. The van der Waals surface area contributed by atoms with Crippen molar-refractivity contribution in [1.82, 2.24) is 0 Å². The Morgan fingerprint density at radius 3 is 2.26 bits per heavy atom. The minimum atomic E-state index is -2.13. The number of hydrogen-bond acceptors (Lipinski definition) is 16. The normalized spacial score (nSPS) is 35.1. The van der Waals surface area contributed by atoms with Crippen molar-refractivity contribution in [3.63, 3.8) is 0 Å². The number of carbonyl (C=O) groups excluding carboxylic acids is 3. The highest BCUT2D eigenvalue weighted by Gasteiger charge is 2.52. The summed E-state index contributed by atoms with van der Waals surface area (Å²) in [6, 6.07) is 3.35. The van der Waals surface area contributed by atoms with Crippen LogP contribution in [0.15, 0.2) is 18.2 Å². The quantitative estimate of drug-likeness (QED) is 0.136. The topological polar surface area (TPSA) is 282 Å². The van der Waals surface area contributed by atoms with Crippen LogP contribution in [0.25, 0.3) is 0 Å². The molecule has 11 atom stereocenters. The first-order valence-electron chi connectivity index (χ1n) is 15.8. The van der Waals surface area contributed by atoms with Crippen LogP contribution in [-0.4, -0.2) is 127 Å². The number of ketones is 3. The van der Waals surface area contributed by atoms with Gasteiger partial charge in [-0.2, -0.15) is 0 Å². The van der Waals surface area contributed by atoms with E-state index in [0.29, 0.717) is 0 Å². The highest BCUT2D eigenvalue weighted by atomic mass is 16.7. The Bertz CT molecular complexity index is 1750. The van der Waals surface area contributed by atoms with Gasteiger partial charge in [-0.15, -0.1) is 0 Å². The number of aliphatic carboxylic acids is 1. The zero-order valence-corrected chi connectivity index (χ0v) is 27.0. The van der Waals surface area contributed by atoms with E-state index in [0.717, 1.165) is 6.92 Å². The lowest BCUT2D eigenvalue weighted by molar-refractivity contribution is -0.328. The van der Waals surface area contributed by atoms with Gasteiger partial charge in [-0.1, -0.05) is 12.1 Å². The molecule has 9 N–H and O–H groups in total. The summed E-state index contributed by atoms with van der Waals surface area (Å²) in [6.07, 6.45) is -15.1. The first-order valence-corrected chi connectivity index (χ1v) is 15.8. The molecule has 0 saturated carbocycles. The Morgan fingerprint density at radius 1 is 0.960 bits per heavy atom. The summed E-state index contributed by atoms with van der Waals surface area (Å²) in [5.74, 6) is -5.26. The number of aliphatic hydroxyl groups excluding tert-OH is 3. The molecular weight excluding hydrogens is 666 g/mol. The van der Waals surface area contributed by atoms with E-state index < -0.39 is 126 Å². The number of rotatable bonds is 7. The molecular formula is C33H37NO16. The van der Waals surface area contributed by atoms with E-state index >= 15 is 0 Å². The van der Waals surface area contributed by atoms with E-state index in [1.54, 1.807) is 0 Å². The summed E-state index contributed by atoms with van der Waals surface area (Å²) >= 11 is 0. The van der Waals surface area contributed by atoms with Crippen molar-refractivity contribution in [2.24, 2.45) is 5.73 Å². The molecule has 0 bridgehead atoms. The van der Waals surface area contributed by atoms with Crippen molar-refractivity contribution in [2.75, 3.05) is 7.11 Å². The van der Waals surface area contributed by atoms with Crippen LogP contribution in [0.5, 0.6) is 17.2 Å². The number of aromatic hydroxyl groups is 2. The van der Waals surface area contributed by atoms with Gasteiger partial charge in [-0.25, -0.2) is 4.79 Å². The average molecular weight is 704 g/mol. The first-order chi connectivity index (χ1) is 23.5. The van der Waals surface area contributed by atoms with Gasteiger partial charge in [0.05, 0.1) is 36.0 Å². The van der Waals surface area contributed by atoms with Gasteiger partial charge >= 0.3 is 5.97 Å². The van der Waals surface area contributed by atoms with E-state index in [9.17, 15) is 54.9 Å². The smallest absolute Gasteiger partial charge is 0.335 e. The van der Waals surface area contributed by atoms with Gasteiger partial charge in [-0.05, 0) is 19.9 Å². The molecule has 2 aromatic carbocycles. The van der Waals surface area contributed by atoms with Crippen LogP contribution < -0.4 is 10.5 Å². The van der Waals surface area contributed by atoms with Gasteiger partial charge in [0, 0.05) is 42.0 Å². The Hall–Kier alpha value is -4.04. The molecule has 2 aromatic rings. The summed E-state index contributed by atoms with van der Waals surface area (Å²) in [5, 5.41) is 74.5. The summed E-state index contributed by atoms with van der Waals surface area (Å²) in [4.78, 5) is 51.7. The molecule has 4 aliphatic rings. The maximum atomic E-state index is 13.8. The van der Waals surface area contributed by atoms with Crippen LogP contribution in [0.4, 0.5) is 0 Å². The number of carboxylic acids is 1. The minimum Gasteiger partial charge on any atom is -0.507 e. The first kappa shape index (κ1) is 35.8. The number of phenols is 2. The van der Waals surface area contributed by atoms with E-state index in [4.69, 9.17) is 29.4 Å². The Morgan fingerprint density at radius 2 is 1.64 bits per heavy atom. The van der Waals surface area contributed by atoms with Gasteiger partial charge in [0.2, 0.25) is 5.78 Å². The second-order valence-electron chi connectivity index (χ2n) is 13.0. The van der Waals surface area contributed by atoms with E-state index in [1.165, 1.54) is 32.2 Å². The molecule has 0 amide bonds. The lowest BCUT2D eigenvalue weighted by Gasteiger charge is -2.45. The number of benzene rings is 2. The molecule has 17 heteroatoms. The van der Waals surface area contributed by atoms with Crippen molar-refractivity contribution < 1.29 is 78.6 Å². The second kappa shape index (κ2) is 12.9. The number of ether oxygens (including phenoxy) is 5. The monoisotopic (exact) mass is 703 g/mol. The fourth-order valence-corrected chi connectivity index (χ4v) is 7.18. The third-order valence-electron chi connectivity index (χ3n) is 9.87. The molecule has 0 unspecified atom stereocenters. The molecule has 270 valence electrons. The van der Waals surface area contributed by atoms with Crippen molar-refractivity contribution in [3.8, 4) is 17.2 Å². The summed E-state index contributed by atoms with van der Waals surface area (Å²) in [5.41, 5.74) is 2.71. The molecule has 50 heavy (non-hydrogen) atoms. The number of fused-ring (bicyclic) bond motifs is 3. The minimum absolute atomic E-state index is 0.0625. The third kappa shape index (κ3) is 5.64. The highest BCUT2D eigenvalue weighted by molar-refractivity contribution is 6.31. The highest BCUT2D eigenvalue weighted by Crippen LogP contribution is 2.52. The zero-order valence-electron chi connectivity index (χ0n) is 27.0. The number of aliphatic hydroxyl groups is 4. The molecule has 2 aliphatic heterocycles. The molecule has 0 radical (unpaired) electrons. The predicted molar refractivity (Wildman–Crippen MR) is 164 cm³/mol. The molecule has 6 rings (SSSR count).